The van der Waals surface area contributed by atoms with E-state index in [-0.39, 0.29) is 17.6 Å². The van der Waals surface area contributed by atoms with Crippen LogP contribution in [0.5, 0.6) is 0 Å². The number of rotatable bonds is 12. The molecule has 0 heterocycles. The summed E-state index contributed by atoms with van der Waals surface area (Å²) >= 11 is 0. The van der Waals surface area contributed by atoms with Crippen molar-refractivity contribution in [2.45, 2.75) is 69.8 Å². The number of hydrogen-bond donors (Lipinski definition) is 0. The molecule has 4 nitrogen and oxygen atoms in total. The standard InChI is InChI=1S/C18H30O4S/c1-4-5-6-7-8-9-17(21-3)14-15-22-23(19,20)18-12-10-16(2)11-13-18/h10-13,17H,4-9,14-15H2,1-3H3. The molecular weight excluding hydrogens is 312 g/mol. The first-order valence-corrected chi connectivity index (χ1v) is 9.89. The first kappa shape index (κ1) is 20.1. The molecule has 0 amide bonds. The quantitative estimate of drug-likeness (QED) is 0.415. The maximum atomic E-state index is 12.1. The second kappa shape index (κ2) is 10.8. The van der Waals surface area contributed by atoms with E-state index in [0.29, 0.717) is 6.42 Å². The normalized spacial score (nSPS) is 13.2. The van der Waals surface area contributed by atoms with Gasteiger partial charge in [-0.1, -0.05) is 56.7 Å². The zero-order valence-electron chi connectivity index (χ0n) is 14.6. The van der Waals surface area contributed by atoms with Crippen molar-refractivity contribution in [1.82, 2.24) is 0 Å². The molecule has 0 fully saturated rings. The van der Waals surface area contributed by atoms with Gasteiger partial charge in [0, 0.05) is 7.11 Å². The van der Waals surface area contributed by atoms with Gasteiger partial charge in [-0.2, -0.15) is 8.42 Å². The Morgan fingerprint density at radius 1 is 1.00 bits per heavy atom. The van der Waals surface area contributed by atoms with E-state index in [0.717, 1.165) is 18.4 Å². The number of benzene rings is 1. The highest BCUT2D eigenvalue weighted by molar-refractivity contribution is 7.86. The number of aryl methyl sites for hydroxylation is 1. The summed E-state index contributed by atoms with van der Waals surface area (Å²) in [5.41, 5.74) is 1.02. The lowest BCUT2D eigenvalue weighted by Gasteiger charge is -2.15. The molecule has 0 aliphatic heterocycles. The van der Waals surface area contributed by atoms with E-state index in [1.807, 2.05) is 6.92 Å². The zero-order chi connectivity index (χ0) is 17.1. The Morgan fingerprint density at radius 2 is 1.65 bits per heavy atom. The zero-order valence-corrected chi connectivity index (χ0v) is 15.4. The van der Waals surface area contributed by atoms with Gasteiger partial charge in [0.05, 0.1) is 17.6 Å². The van der Waals surface area contributed by atoms with E-state index >= 15 is 0 Å². The third-order valence-electron chi connectivity index (χ3n) is 3.95. The smallest absolute Gasteiger partial charge is 0.296 e. The molecule has 23 heavy (non-hydrogen) atoms. The topological polar surface area (TPSA) is 52.6 Å². The van der Waals surface area contributed by atoms with E-state index in [1.165, 1.54) is 25.7 Å². The summed E-state index contributed by atoms with van der Waals surface area (Å²) in [7, 11) is -2.00. The van der Waals surface area contributed by atoms with Gasteiger partial charge in [0.25, 0.3) is 10.1 Å². The fourth-order valence-electron chi connectivity index (χ4n) is 2.42. The molecule has 1 unspecified atom stereocenters. The highest BCUT2D eigenvalue weighted by Gasteiger charge is 2.16. The van der Waals surface area contributed by atoms with Crippen molar-refractivity contribution < 1.29 is 17.3 Å². The van der Waals surface area contributed by atoms with Crippen molar-refractivity contribution in [3.8, 4) is 0 Å². The lowest BCUT2D eigenvalue weighted by atomic mass is 10.1. The predicted octanol–water partition coefficient (Wildman–Crippen LogP) is 4.47. The van der Waals surface area contributed by atoms with Crippen LogP contribution in [0.3, 0.4) is 0 Å². The molecular formula is C18H30O4S. The number of hydrogen-bond acceptors (Lipinski definition) is 4. The minimum absolute atomic E-state index is 0.0600. The van der Waals surface area contributed by atoms with Gasteiger partial charge >= 0.3 is 0 Å². The van der Waals surface area contributed by atoms with Crippen molar-refractivity contribution in [3.05, 3.63) is 29.8 Å². The van der Waals surface area contributed by atoms with Crippen LogP contribution in [0.2, 0.25) is 0 Å². The van der Waals surface area contributed by atoms with Crippen molar-refractivity contribution in [2.75, 3.05) is 13.7 Å². The Balaban J connectivity index is 2.34. The molecule has 5 heteroatoms. The molecule has 0 aliphatic rings. The summed E-state index contributed by atoms with van der Waals surface area (Å²) in [6, 6.07) is 6.69. The Morgan fingerprint density at radius 3 is 2.26 bits per heavy atom. The number of unbranched alkanes of at least 4 members (excludes halogenated alkanes) is 4. The van der Waals surface area contributed by atoms with Gasteiger partial charge in [-0.25, -0.2) is 0 Å². The molecule has 132 valence electrons. The van der Waals surface area contributed by atoms with Crippen molar-refractivity contribution in [2.24, 2.45) is 0 Å². The molecule has 0 radical (unpaired) electrons. The van der Waals surface area contributed by atoms with Crippen LogP contribution in [0.15, 0.2) is 29.2 Å². The summed E-state index contributed by atoms with van der Waals surface area (Å²) in [5.74, 6) is 0. The lowest BCUT2D eigenvalue weighted by Crippen LogP contribution is -2.16. The van der Waals surface area contributed by atoms with Crippen LogP contribution in [0, 0.1) is 6.92 Å². The van der Waals surface area contributed by atoms with Crippen LogP contribution in [0.25, 0.3) is 0 Å². The largest absolute Gasteiger partial charge is 0.381 e. The van der Waals surface area contributed by atoms with Crippen LogP contribution in [-0.2, 0) is 19.0 Å². The highest BCUT2D eigenvalue weighted by atomic mass is 32.2. The fraction of sp³-hybridized carbons (Fsp3) is 0.667. The second-order valence-electron chi connectivity index (χ2n) is 5.94. The Bertz CT molecular complexity index is 522. The molecule has 0 bridgehead atoms. The van der Waals surface area contributed by atoms with Gasteiger partial charge in [-0.15, -0.1) is 0 Å². The molecule has 0 spiro atoms. The molecule has 0 aromatic heterocycles. The van der Waals surface area contributed by atoms with Gasteiger partial charge in [-0.05, 0) is 31.9 Å². The van der Waals surface area contributed by atoms with E-state index < -0.39 is 10.1 Å². The first-order chi connectivity index (χ1) is 11.0. The maximum absolute atomic E-state index is 12.1. The lowest BCUT2D eigenvalue weighted by molar-refractivity contribution is 0.0733. The minimum Gasteiger partial charge on any atom is -0.381 e. The molecule has 0 saturated carbocycles. The van der Waals surface area contributed by atoms with Crippen LogP contribution in [0.4, 0.5) is 0 Å². The molecule has 0 aliphatic carbocycles. The molecule has 0 saturated heterocycles. The fourth-order valence-corrected chi connectivity index (χ4v) is 3.34. The monoisotopic (exact) mass is 342 g/mol. The number of ether oxygens (including phenoxy) is 1. The van der Waals surface area contributed by atoms with Gasteiger partial charge in [0.1, 0.15) is 0 Å². The Hall–Kier alpha value is -0.910. The summed E-state index contributed by atoms with van der Waals surface area (Å²) in [5, 5.41) is 0. The van der Waals surface area contributed by atoms with Gasteiger partial charge in [0.2, 0.25) is 0 Å². The van der Waals surface area contributed by atoms with Gasteiger partial charge in [-0.3, -0.25) is 4.18 Å². The van der Waals surface area contributed by atoms with Crippen molar-refractivity contribution >= 4 is 10.1 Å². The van der Waals surface area contributed by atoms with E-state index in [2.05, 4.69) is 6.92 Å². The van der Waals surface area contributed by atoms with E-state index in [4.69, 9.17) is 8.92 Å². The third kappa shape index (κ3) is 7.95. The minimum atomic E-state index is -3.67. The summed E-state index contributed by atoms with van der Waals surface area (Å²) in [6.45, 7) is 4.27. The first-order valence-electron chi connectivity index (χ1n) is 8.48. The predicted molar refractivity (Wildman–Crippen MR) is 93.1 cm³/mol. The second-order valence-corrected chi connectivity index (χ2v) is 7.55. The van der Waals surface area contributed by atoms with Gasteiger partial charge in [0.15, 0.2) is 0 Å². The summed E-state index contributed by atoms with van der Waals surface area (Å²) in [6.07, 6.45) is 7.69. The number of methoxy groups -OCH3 is 1. The van der Waals surface area contributed by atoms with E-state index in [1.54, 1.807) is 31.4 Å². The van der Waals surface area contributed by atoms with Crippen LogP contribution in [-0.4, -0.2) is 28.2 Å². The Kier molecular flexibility index (Phi) is 9.44. The Labute approximate surface area is 141 Å². The average molecular weight is 343 g/mol. The molecule has 1 atom stereocenters. The summed E-state index contributed by atoms with van der Waals surface area (Å²) < 4.78 is 34.7. The maximum Gasteiger partial charge on any atom is 0.296 e. The average Bonchev–Trinajstić information content (AvgIpc) is 2.53. The van der Waals surface area contributed by atoms with Crippen LogP contribution < -0.4 is 0 Å². The molecule has 1 aromatic carbocycles. The third-order valence-corrected chi connectivity index (χ3v) is 5.28. The molecule has 0 N–H and O–H groups in total. The molecule has 1 aromatic rings. The summed E-state index contributed by atoms with van der Waals surface area (Å²) in [4.78, 5) is 0.205. The van der Waals surface area contributed by atoms with E-state index in [9.17, 15) is 8.42 Å². The molecule has 1 rings (SSSR count). The van der Waals surface area contributed by atoms with Crippen LogP contribution >= 0.6 is 0 Å². The van der Waals surface area contributed by atoms with Gasteiger partial charge < -0.3 is 4.74 Å². The van der Waals surface area contributed by atoms with Crippen molar-refractivity contribution in [3.63, 3.8) is 0 Å². The van der Waals surface area contributed by atoms with Crippen LogP contribution in [0.1, 0.15) is 57.4 Å². The van der Waals surface area contributed by atoms with Crippen molar-refractivity contribution in [1.29, 1.82) is 0 Å². The SMILES string of the molecule is CCCCCCCC(CCOS(=O)(=O)c1ccc(C)cc1)OC. The highest BCUT2D eigenvalue weighted by Crippen LogP contribution is 2.16.